The highest BCUT2D eigenvalue weighted by molar-refractivity contribution is 5.84. The van der Waals surface area contributed by atoms with Crippen LogP contribution in [0, 0.1) is 11.3 Å². The first-order valence-corrected chi connectivity index (χ1v) is 5.25. The Morgan fingerprint density at radius 2 is 2.15 bits per heavy atom. The molecule has 1 atom stereocenters. The summed E-state index contributed by atoms with van der Waals surface area (Å²) in [7, 11) is 0. The number of ketones is 1. The topological polar surface area (TPSA) is 17.1 Å². The summed E-state index contributed by atoms with van der Waals surface area (Å²) in [6.45, 7) is 6.54. The van der Waals surface area contributed by atoms with Gasteiger partial charge in [-0.25, -0.2) is 0 Å². The van der Waals surface area contributed by atoms with E-state index in [4.69, 9.17) is 0 Å². The van der Waals surface area contributed by atoms with E-state index in [2.05, 4.69) is 32.9 Å². The van der Waals surface area contributed by atoms with Crippen molar-refractivity contribution in [3.8, 4) is 0 Å². The molecule has 1 nitrogen and oxygen atoms in total. The quantitative estimate of drug-likeness (QED) is 0.609. The first-order valence-electron chi connectivity index (χ1n) is 5.25. The number of carbonyl (C=O) groups is 1. The predicted octanol–water partition coefficient (Wildman–Crippen LogP) is 3.35. The van der Waals surface area contributed by atoms with Crippen LogP contribution in [0.2, 0.25) is 0 Å². The maximum absolute atomic E-state index is 11.6. The second kappa shape index (κ2) is 4.08. The molecule has 0 bridgehead atoms. The van der Waals surface area contributed by atoms with Crippen molar-refractivity contribution in [3.63, 3.8) is 0 Å². The molecule has 0 saturated heterocycles. The van der Waals surface area contributed by atoms with E-state index in [1.54, 1.807) is 0 Å². The molecule has 1 aliphatic rings. The second-order valence-corrected chi connectivity index (χ2v) is 4.62. The zero-order valence-corrected chi connectivity index (χ0v) is 8.97. The summed E-state index contributed by atoms with van der Waals surface area (Å²) in [6.07, 6.45) is 8.19. The van der Waals surface area contributed by atoms with E-state index in [1.807, 2.05) is 0 Å². The number of allylic oxidation sites excluding steroid dienone is 2. The van der Waals surface area contributed by atoms with E-state index in [9.17, 15) is 4.79 Å². The fourth-order valence-corrected chi connectivity index (χ4v) is 2.08. The van der Waals surface area contributed by atoms with Crippen molar-refractivity contribution in [2.75, 3.05) is 0 Å². The van der Waals surface area contributed by atoms with Crippen molar-refractivity contribution >= 4 is 5.78 Å². The fraction of sp³-hybridized carbons (Fsp3) is 0.750. The molecular weight excluding hydrogens is 160 g/mol. The maximum atomic E-state index is 11.6. The van der Waals surface area contributed by atoms with Crippen LogP contribution in [-0.4, -0.2) is 5.78 Å². The van der Waals surface area contributed by atoms with Crippen molar-refractivity contribution in [2.24, 2.45) is 11.3 Å². The Balaban J connectivity index is 2.56. The average molecular weight is 180 g/mol. The van der Waals surface area contributed by atoms with Gasteiger partial charge in [-0.2, -0.15) is 0 Å². The summed E-state index contributed by atoms with van der Waals surface area (Å²) in [5, 5.41) is 0. The van der Waals surface area contributed by atoms with Crippen LogP contribution in [0.5, 0.6) is 0 Å². The minimum absolute atomic E-state index is 0.231. The molecule has 1 saturated carbocycles. The van der Waals surface area contributed by atoms with Crippen molar-refractivity contribution in [3.05, 3.63) is 12.2 Å². The first kappa shape index (κ1) is 10.5. The predicted molar refractivity (Wildman–Crippen MR) is 55.6 cm³/mol. The smallest absolute Gasteiger partial charge is 0.136 e. The molecule has 1 rings (SSSR count). The third-order valence-electron chi connectivity index (χ3n) is 3.12. The Hall–Kier alpha value is -0.590. The second-order valence-electron chi connectivity index (χ2n) is 4.62. The molecule has 0 aromatic carbocycles. The molecule has 74 valence electrons. The Kier molecular flexibility index (Phi) is 3.29. The molecule has 0 amide bonds. The van der Waals surface area contributed by atoms with Crippen molar-refractivity contribution < 1.29 is 4.79 Å². The van der Waals surface area contributed by atoms with Gasteiger partial charge in [0.25, 0.3) is 0 Å². The van der Waals surface area contributed by atoms with Gasteiger partial charge in [0, 0.05) is 12.3 Å². The van der Waals surface area contributed by atoms with Gasteiger partial charge in [0.05, 0.1) is 0 Å². The van der Waals surface area contributed by atoms with Gasteiger partial charge in [0.2, 0.25) is 0 Å². The van der Waals surface area contributed by atoms with Crippen LogP contribution in [0.25, 0.3) is 0 Å². The lowest BCUT2D eigenvalue weighted by atomic mass is 9.79. The molecule has 0 spiro atoms. The molecule has 0 aliphatic heterocycles. The van der Waals surface area contributed by atoms with Crippen LogP contribution in [0.15, 0.2) is 12.2 Å². The Morgan fingerprint density at radius 3 is 2.62 bits per heavy atom. The largest absolute Gasteiger partial charge is 0.299 e. The number of hydrogen-bond acceptors (Lipinski definition) is 1. The van der Waals surface area contributed by atoms with Gasteiger partial charge in [-0.05, 0) is 24.7 Å². The van der Waals surface area contributed by atoms with Crippen LogP contribution in [-0.2, 0) is 4.79 Å². The summed E-state index contributed by atoms with van der Waals surface area (Å²) < 4.78 is 0. The standard InChI is InChI=1S/C12H20O/c1-4-5-6-7-10-11(13)8-9-12(10,2)3/h5-6,10H,4,7-9H2,1-3H3/b6-5-. The SMILES string of the molecule is CC/C=C\CC1C(=O)CCC1(C)C. The Labute approximate surface area is 81.2 Å². The van der Waals surface area contributed by atoms with Gasteiger partial charge >= 0.3 is 0 Å². The molecule has 1 aliphatic carbocycles. The van der Waals surface area contributed by atoms with E-state index < -0.39 is 0 Å². The third kappa shape index (κ3) is 2.43. The minimum atomic E-state index is 0.231. The lowest BCUT2D eigenvalue weighted by molar-refractivity contribution is -0.121. The van der Waals surface area contributed by atoms with E-state index in [0.29, 0.717) is 5.78 Å². The minimum Gasteiger partial charge on any atom is -0.299 e. The Morgan fingerprint density at radius 1 is 1.46 bits per heavy atom. The van der Waals surface area contributed by atoms with Crippen molar-refractivity contribution in [2.45, 2.75) is 46.5 Å². The van der Waals surface area contributed by atoms with Gasteiger partial charge in [0.15, 0.2) is 0 Å². The molecule has 0 aromatic heterocycles. The molecule has 13 heavy (non-hydrogen) atoms. The van der Waals surface area contributed by atoms with E-state index in [-0.39, 0.29) is 11.3 Å². The monoisotopic (exact) mass is 180 g/mol. The summed E-state index contributed by atoms with van der Waals surface area (Å²) in [5.41, 5.74) is 0.231. The van der Waals surface area contributed by atoms with E-state index >= 15 is 0 Å². The van der Waals surface area contributed by atoms with Crippen molar-refractivity contribution in [1.29, 1.82) is 0 Å². The molecule has 1 heteroatoms. The fourth-order valence-electron chi connectivity index (χ4n) is 2.08. The molecular formula is C12H20O. The zero-order chi connectivity index (χ0) is 9.90. The van der Waals surface area contributed by atoms with Gasteiger partial charge in [-0.3, -0.25) is 4.79 Å². The van der Waals surface area contributed by atoms with Crippen LogP contribution >= 0.6 is 0 Å². The summed E-state index contributed by atoms with van der Waals surface area (Å²) in [5.74, 6) is 0.737. The van der Waals surface area contributed by atoms with Gasteiger partial charge in [-0.15, -0.1) is 0 Å². The summed E-state index contributed by atoms with van der Waals surface area (Å²) in [4.78, 5) is 11.6. The Bertz CT molecular complexity index is 213. The average Bonchev–Trinajstić information content (AvgIpc) is 2.31. The highest BCUT2D eigenvalue weighted by atomic mass is 16.1. The lowest BCUT2D eigenvalue weighted by Crippen LogP contribution is -2.21. The number of Topliss-reactive ketones (excluding diaryl/α,β-unsaturated/α-hetero) is 1. The number of hydrogen-bond donors (Lipinski definition) is 0. The number of rotatable bonds is 3. The zero-order valence-electron chi connectivity index (χ0n) is 8.97. The first-order chi connectivity index (χ1) is 6.08. The van der Waals surface area contributed by atoms with Crippen LogP contribution in [0.4, 0.5) is 0 Å². The lowest BCUT2D eigenvalue weighted by Gasteiger charge is -2.24. The molecule has 0 aromatic rings. The summed E-state index contributed by atoms with van der Waals surface area (Å²) >= 11 is 0. The molecule has 1 fully saturated rings. The van der Waals surface area contributed by atoms with E-state index in [1.165, 1.54) is 0 Å². The molecule has 0 radical (unpaired) electrons. The van der Waals surface area contributed by atoms with Crippen LogP contribution in [0.3, 0.4) is 0 Å². The maximum Gasteiger partial charge on any atom is 0.136 e. The molecule has 0 N–H and O–H groups in total. The highest BCUT2D eigenvalue weighted by Gasteiger charge is 2.39. The van der Waals surface area contributed by atoms with Gasteiger partial charge in [0.1, 0.15) is 5.78 Å². The molecule has 0 heterocycles. The van der Waals surface area contributed by atoms with Gasteiger partial charge < -0.3 is 0 Å². The molecule has 1 unspecified atom stereocenters. The van der Waals surface area contributed by atoms with Crippen LogP contribution < -0.4 is 0 Å². The highest BCUT2D eigenvalue weighted by Crippen LogP contribution is 2.42. The number of carbonyl (C=O) groups excluding carboxylic acids is 1. The summed E-state index contributed by atoms with van der Waals surface area (Å²) in [6, 6.07) is 0. The van der Waals surface area contributed by atoms with E-state index in [0.717, 1.165) is 25.7 Å². The third-order valence-corrected chi connectivity index (χ3v) is 3.12. The normalized spacial score (nSPS) is 27.3. The van der Waals surface area contributed by atoms with Gasteiger partial charge in [-0.1, -0.05) is 32.9 Å². The van der Waals surface area contributed by atoms with Crippen molar-refractivity contribution in [1.82, 2.24) is 0 Å². The van der Waals surface area contributed by atoms with Crippen LogP contribution in [0.1, 0.15) is 46.5 Å².